The van der Waals surface area contributed by atoms with Gasteiger partial charge < -0.3 is 10.0 Å². The molecular weight excluding hydrogens is 268 g/mol. The number of amides is 2. The second-order valence-corrected chi connectivity index (χ2v) is 5.73. The zero-order valence-electron chi connectivity index (χ0n) is 12.8. The highest BCUT2D eigenvalue weighted by molar-refractivity contribution is 5.92. The van der Waals surface area contributed by atoms with Crippen LogP contribution < -0.4 is 4.90 Å². The Morgan fingerprint density at radius 2 is 1.86 bits per heavy atom. The van der Waals surface area contributed by atoms with Crippen molar-refractivity contribution < 1.29 is 14.7 Å². The summed E-state index contributed by atoms with van der Waals surface area (Å²) < 4.78 is 0. The van der Waals surface area contributed by atoms with Gasteiger partial charge in [0.1, 0.15) is 0 Å². The first kappa shape index (κ1) is 15.4. The molecule has 21 heavy (non-hydrogen) atoms. The Morgan fingerprint density at radius 1 is 1.24 bits per heavy atom. The van der Waals surface area contributed by atoms with E-state index in [2.05, 4.69) is 6.07 Å². The lowest BCUT2D eigenvalue weighted by Gasteiger charge is -2.33. The zero-order valence-corrected chi connectivity index (χ0v) is 12.8. The van der Waals surface area contributed by atoms with E-state index >= 15 is 0 Å². The standard InChI is InChI=1S/C16H22N2O3/c1-11-4-5-14(12(2)10-11)17(3)16(21)18-8-6-13(7-9-18)15(19)20/h4-5,10,13H,6-9H2,1-3H3,(H,19,20). The summed E-state index contributed by atoms with van der Waals surface area (Å²) in [5.41, 5.74) is 3.12. The molecule has 0 aliphatic carbocycles. The average molecular weight is 290 g/mol. The zero-order chi connectivity index (χ0) is 15.6. The van der Waals surface area contributed by atoms with Crippen molar-refractivity contribution in [3.8, 4) is 0 Å². The Morgan fingerprint density at radius 3 is 2.38 bits per heavy atom. The number of likely N-dealkylation sites (tertiary alicyclic amines) is 1. The molecule has 0 aromatic heterocycles. The number of carbonyl (C=O) groups is 2. The Bertz CT molecular complexity index is 548. The predicted octanol–water partition coefficient (Wildman–Crippen LogP) is 2.66. The molecule has 114 valence electrons. The average Bonchev–Trinajstić information content (AvgIpc) is 2.46. The molecule has 1 fully saturated rings. The Balaban J connectivity index is 2.05. The molecule has 5 nitrogen and oxygen atoms in total. The third-order valence-electron chi connectivity index (χ3n) is 4.12. The fraction of sp³-hybridized carbons (Fsp3) is 0.500. The topological polar surface area (TPSA) is 60.9 Å². The summed E-state index contributed by atoms with van der Waals surface area (Å²) >= 11 is 0. The maximum absolute atomic E-state index is 12.5. The van der Waals surface area contributed by atoms with Gasteiger partial charge in [-0.15, -0.1) is 0 Å². The number of carboxylic acid groups (broad SMARTS) is 1. The van der Waals surface area contributed by atoms with Crippen molar-refractivity contribution in [1.82, 2.24) is 4.90 Å². The minimum absolute atomic E-state index is 0.0641. The number of carbonyl (C=O) groups excluding carboxylic acids is 1. The lowest BCUT2D eigenvalue weighted by molar-refractivity contribution is -0.143. The summed E-state index contributed by atoms with van der Waals surface area (Å²) in [6, 6.07) is 5.93. The van der Waals surface area contributed by atoms with Gasteiger partial charge in [-0.1, -0.05) is 17.7 Å². The van der Waals surface area contributed by atoms with E-state index in [0.29, 0.717) is 25.9 Å². The van der Waals surface area contributed by atoms with Gasteiger partial charge >= 0.3 is 12.0 Å². The molecule has 0 unspecified atom stereocenters. The van der Waals surface area contributed by atoms with E-state index in [-0.39, 0.29) is 11.9 Å². The number of piperidine rings is 1. The molecular formula is C16H22N2O3. The summed E-state index contributed by atoms with van der Waals surface area (Å²) in [6.45, 7) is 5.02. The number of urea groups is 1. The van der Waals surface area contributed by atoms with Crippen LogP contribution in [0.4, 0.5) is 10.5 Å². The number of rotatable bonds is 2. The lowest BCUT2D eigenvalue weighted by atomic mass is 9.97. The van der Waals surface area contributed by atoms with E-state index in [4.69, 9.17) is 5.11 Å². The Kier molecular flexibility index (Phi) is 4.50. The first-order chi connectivity index (χ1) is 9.90. The van der Waals surface area contributed by atoms with E-state index in [1.807, 2.05) is 26.0 Å². The number of aliphatic carboxylic acids is 1. The normalized spacial score (nSPS) is 15.9. The van der Waals surface area contributed by atoms with Crippen LogP contribution in [0.5, 0.6) is 0 Å². The van der Waals surface area contributed by atoms with Crippen LogP contribution in [0.15, 0.2) is 18.2 Å². The van der Waals surface area contributed by atoms with Crippen molar-refractivity contribution in [2.75, 3.05) is 25.0 Å². The van der Waals surface area contributed by atoms with Gasteiger partial charge in [0.05, 0.1) is 5.92 Å². The molecule has 1 heterocycles. The fourth-order valence-corrected chi connectivity index (χ4v) is 2.81. The quantitative estimate of drug-likeness (QED) is 0.911. The SMILES string of the molecule is Cc1ccc(N(C)C(=O)N2CCC(C(=O)O)CC2)c(C)c1. The van der Waals surface area contributed by atoms with Gasteiger partial charge in [-0.25, -0.2) is 4.79 Å². The minimum Gasteiger partial charge on any atom is -0.481 e. The molecule has 1 N–H and O–H groups in total. The summed E-state index contributed by atoms with van der Waals surface area (Å²) in [5, 5.41) is 9.00. The van der Waals surface area contributed by atoms with Crippen molar-refractivity contribution in [2.24, 2.45) is 5.92 Å². The highest BCUT2D eigenvalue weighted by Gasteiger charge is 2.28. The second-order valence-electron chi connectivity index (χ2n) is 5.73. The van der Waals surface area contributed by atoms with Crippen LogP contribution in [0, 0.1) is 19.8 Å². The summed E-state index contributed by atoms with van der Waals surface area (Å²) in [4.78, 5) is 26.8. The summed E-state index contributed by atoms with van der Waals surface area (Å²) in [6.07, 6.45) is 1.06. The highest BCUT2D eigenvalue weighted by atomic mass is 16.4. The largest absolute Gasteiger partial charge is 0.481 e. The van der Waals surface area contributed by atoms with Crippen LogP contribution in [-0.2, 0) is 4.79 Å². The summed E-state index contributed by atoms with van der Waals surface area (Å²) in [5.74, 6) is -1.08. The van der Waals surface area contributed by atoms with Crippen molar-refractivity contribution in [3.05, 3.63) is 29.3 Å². The number of aryl methyl sites for hydroxylation is 2. The number of carboxylic acids is 1. The van der Waals surface area contributed by atoms with Crippen molar-refractivity contribution in [1.29, 1.82) is 0 Å². The van der Waals surface area contributed by atoms with E-state index < -0.39 is 5.97 Å². The molecule has 0 saturated carbocycles. The number of anilines is 1. The third-order valence-corrected chi connectivity index (χ3v) is 4.12. The van der Waals surface area contributed by atoms with Crippen molar-refractivity contribution in [3.63, 3.8) is 0 Å². The van der Waals surface area contributed by atoms with E-state index in [1.54, 1.807) is 16.8 Å². The lowest BCUT2D eigenvalue weighted by Crippen LogP contribution is -2.46. The highest BCUT2D eigenvalue weighted by Crippen LogP contribution is 2.23. The number of hydrogen-bond acceptors (Lipinski definition) is 2. The minimum atomic E-state index is -0.759. The van der Waals surface area contributed by atoms with Gasteiger partial charge in [0.25, 0.3) is 0 Å². The molecule has 2 rings (SSSR count). The Hall–Kier alpha value is -2.04. The monoisotopic (exact) mass is 290 g/mol. The second kappa shape index (κ2) is 6.16. The maximum atomic E-state index is 12.5. The first-order valence-electron chi connectivity index (χ1n) is 7.23. The molecule has 1 aromatic rings. The summed E-state index contributed by atoms with van der Waals surface area (Å²) in [7, 11) is 1.77. The van der Waals surface area contributed by atoms with Crippen LogP contribution in [0.3, 0.4) is 0 Å². The van der Waals surface area contributed by atoms with Gasteiger partial charge in [-0.3, -0.25) is 9.69 Å². The van der Waals surface area contributed by atoms with Crippen LogP contribution in [0.1, 0.15) is 24.0 Å². The molecule has 1 saturated heterocycles. The van der Waals surface area contributed by atoms with Gasteiger partial charge in [0.2, 0.25) is 0 Å². The predicted molar refractivity (Wildman–Crippen MR) is 81.6 cm³/mol. The molecule has 0 radical (unpaired) electrons. The third kappa shape index (κ3) is 3.35. The van der Waals surface area contributed by atoms with Crippen LogP contribution in [0.2, 0.25) is 0 Å². The molecule has 5 heteroatoms. The number of hydrogen-bond donors (Lipinski definition) is 1. The Labute approximate surface area is 125 Å². The maximum Gasteiger partial charge on any atom is 0.324 e. The van der Waals surface area contributed by atoms with Crippen LogP contribution in [0.25, 0.3) is 0 Å². The molecule has 1 aliphatic heterocycles. The molecule has 1 aliphatic rings. The van der Waals surface area contributed by atoms with Crippen molar-refractivity contribution >= 4 is 17.7 Å². The van der Waals surface area contributed by atoms with Crippen molar-refractivity contribution in [2.45, 2.75) is 26.7 Å². The van der Waals surface area contributed by atoms with Crippen LogP contribution in [-0.4, -0.2) is 42.1 Å². The molecule has 0 spiro atoms. The van der Waals surface area contributed by atoms with E-state index in [1.165, 1.54) is 5.56 Å². The van der Waals surface area contributed by atoms with Gasteiger partial charge in [-0.05, 0) is 38.3 Å². The number of nitrogens with zero attached hydrogens (tertiary/aromatic N) is 2. The van der Waals surface area contributed by atoms with Gasteiger partial charge in [-0.2, -0.15) is 0 Å². The molecule has 0 bridgehead atoms. The van der Waals surface area contributed by atoms with Gasteiger partial charge in [0.15, 0.2) is 0 Å². The van der Waals surface area contributed by atoms with E-state index in [9.17, 15) is 9.59 Å². The molecule has 2 amide bonds. The smallest absolute Gasteiger partial charge is 0.324 e. The first-order valence-corrected chi connectivity index (χ1v) is 7.23. The fourth-order valence-electron chi connectivity index (χ4n) is 2.81. The van der Waals surface area contributed by atoms with Gasteiger partial charge in [0, 0.05) is 25.8 Å². The number of benzene rings is 1. The molecule has 1 aromatic carbocycles. The van der Waals surface area contributed by atoms with E-state index in [0.717, 1.165) is 11.3 Å². The van der Waals surface area contributed by atoms with Crippen LogP contribution >= 0.6 is 0 Å². The molecule has 0 atom stereocenters.